The van der Waals surface area contributed by atoms with E-state index in [1.807, 2.05) is 6.92 Å². The minimum Gasteiger partial charge on any atom is -0.407 e. The molecule has 0 radical (unpaired) electrons. The van der Waals surface area contributed by atoms with Crippen LogP contribution in [0.2, 0.25) is 0 Å². The molecular formula is C24H24F4N2O4. The molecule has 0 aliphatic heterocycles. The van der Waals surface area contributed by atoms with Gasteiger partial charge >= 0.3 is 6.30 Å². The number of hydrogen-bond acceptors (Lipinski definition) is 4. The lowest BCUT2D eigenvalue weighted by Gasteiger charge is -2.20. The first kappa shape index (κ1) is 25.2. The van der Waals surface area contributed by atoms with E-state index in [9.17, 15) is 27.2 Å². The van der Waals surface area contributed by atoms with Crippen molar-refractivity contribution in [2.45, 2.75) is 39.1 Å². The molecule has 1 aromatic heterocycles. The van der Waals surface area contributed by atoms with Crippen molar-refractivity contribution in [1.29, 1.82) is 0 Å². The molecule has 10 heteroatoms. The Hall–Kier alpha value is -3.40. The van der Waals surface area contributed by atoms with E-state index in [1.54, 1.807) is 30.3 Å². The SMILES string of the molecule is CCC(COn1c(=O)c(C(=O)NC(F)(F)F)c(C)c2ccc(Cc3cccc(F)c3)cc21)OC. The predicted molar refractivity (Wildman–Crippen MR) is 118 cm³/mol. The average molecular weight is 480 g/mol. The molecule has 2 aromatic carbocycles. The molecular weight excluding hydrogens is 456 g/mol. The topological polar surface area (TPSA) is 69.6 Å². The van der Waals surface area contributed by atoms with Crippen molar-refractivity contribution in [1.82, 2.24) is 10.0 Å². The lowest BCUT2D eigenvalue weighted by molar-refractivity contribution is -0.146. The zero-order valence-electron chi connectivity index (χ0n) is 18.8. The molecule has 0 bridgehead atoms. The van der Waals surface area contributed by atoms with Crippen LogP contribution in [0.25, 0.3) is 10.9 Å². The van der Waals surface area contributed by atoms with Gasteiger partial charge in [-0.15, -0.1) is 4.73 Å². The molecule has 6 nitrogen and oxygen atoms in total. The third kappa shape index (κ3) is 5.74. The van der Waals surface area contributed by atoms with Crippen molar-refractivity contribution in [2.75, 3.05) is 13.7 Å². The van der Waals surface area contributed by atoms with Crippen LogP contribution in [0.3, 0.4) is 0 Å². The van der Waals surface area contributed by atoms with Crippen LogP contribution in [0.1, 0.15) is 40.4 Å². The van der Waals surface area contributed by atoms with E-state index in [-0.39, 0.29) is 29.6 Å². The van der Waals surface area contributed by atoms with Crippen molar-refractivity contribution in [3.63, 3.8) is 0 Å². The maximum Gasteiger partial charge on any atom is 0.484 e. The molecule has 0 fully saturated rings. The highest BCUT2D eigenvalue weighted by molar-refractivity contribution is 6.00. The van der Waals surface area contributed by atoms with Gasteiger partial charge in [0.15, 0.2) is 0 Å². The lowest BCUT2D eigenvalue weighted by Crippen LogP contribution is -2.43. The Morgan fingerprint density at radius 2 is 1.85 bits per heavy atom. The van der Waals surface area contributed by atoms with Gasteiger partial charge in [0.05, 0.1) is 11.6 Å². The molecule has 1 amide bonds. The number of alkyl halides is 3. The van der Waals surface area contributed by atoms with E-state index in [2.05, 4.69) is 0 Å². The summed E-state index contributed by atoms with van der Waals surface area (Å²) in [5.41, 5.74) is 0.0513. The van der Waals surface area contributed by atoms with Crippen LogP contribution in [-0.4, -0.2) is 36.8 Å². The molecule has 3 rings (SSSR count). The van der Waals surface area contributed by atoms with Crippen molar-refractivity contribution in [3.8, 4) is 0 Å². The van der Waals surface area contributed by atoms with Crippen molar-refractivity contribution < 1.29 is 31.9 Å². The number of pyridine rings is 1. The number of aryl methyl sites for hydroxylation is 1. The number of fused-ring (bicyclic) bond motifs is 1. The van der Waals surface area contributed by atoms with E-state index in [1.165, 1.54) is 26.2 Å². The molecule has 3 aromatic rings. The second kappa shape index (κ2) is 10.3. The summed E-state index contributed by atoms with van der Waals surface area (Å²) < 4.78 is 58.0. The number of benzene rings is 2. The molecule has 0 spiro atoms. The number of halogens is 4. The number of aromatic nitrogens is 1. The Morgan fingerprint density at radius 1 is 1.15 bits per heavy atom. The molecule has 34 heavy (non-hydrogen) atoms. The highest BCUT2D eigenvalue weighted by Gasteiger charge is 2.33. The Balaban J connectivity index is 2.15. The van der Waals surface area contributed by atoms with E-state index in [4.69, 9.17) is 9.57 Å². The molecule has 182 valence electrons. The summed E-state index contributed by atoms with van der Waals surface area (Å²) in [7, 11) is 1.47. The Kier molecular flexibility index (Phi) is 7.61. The average Bonchev–Trinajstić information content (AvgIpc) is 2.75. The summed E-state index contributed by atoms with van der Waals surface area (Å²) in [4.78, 5) is 31.1. The quantitative estimate of drug-likeness (QED) is 0.389. The molecule has 1 unspecified atom stereocenters. The first-order valence-electron chi connectivity index (χ1n) is 10.5. The summed E-state index contributed by atoms with van der Waals surface area (Å²) in [5.74, 6) is -1.96. The van der Waals surface area contributed by atoms with Gasteiger partial charge in [-0.05, 0) is 54.7 Å². The second-order valence-electron chi connectivity index (χ2n) is 7.77. The number of ether oxygens (including phenoxy) is 1. The fourth-order valence-electron chi connectivity index (χ4n) is 3.66. The minimum absolute atomic E-state index is 0.0699. The highest BCUT2D eigenvalue weighted by atomic mass is 19.4. The third-order valence-electron chi connectivity index (χ3n) is 5.42. The zero-order chi connectivity index (χ0) is 25.0. The number of nitrogens with zero attached hydrogens (tertiary/aromatic N) is 1. The fourth-order valence-corrected chi connectivity index (χ4v) is 3.66. The smallest absolute Gasteiger partial charge is 0.407 e. The van der Waals surface area contributed by atoms with E-state index < -0.39 is 23.3 Å². The molecule has 1 heterocycles. The Labute approximate surface area is 193 Å². The zero-order valence-corrected chi connectivity index (χ0v) is 18.8. The minimum atomic E-state index is -5.01. The van der Waals surface area contributed by atoms with Gasteiger partial charge in [-0.1, -0.05) is 31.2 Å². The van der Waals surface area contributed by atoms with Gasteiger partial charge in [0, 0.05) is 12.5 Å². The largest absolute Gasteiger partial charge is 0.484 e. The van der Waals surface area contributed by atoms with E-state index in [0.717, 1.165) is 10.0 Å². The molecule has 0 aliphatic carbocycles. The first-order valence-corrected chi connectivity index (χ1v) is 10.5. The summed E-state index contributed by atoms with van der Waals surface area (Å²) >= 11 is 0. The summed E-state index contributed by atoms with van der Waals surface area (Å²) in [6.45, 7) is 3.17. The maximum absolute atomic E-state index is 13.6. The van der Waals surface area contributed by atoms with Gasteiger partial charge in [-0.3, -0.25) is 14.9 Å². The number of nitrogens with one attached hydrogen (secondary N) is 1. The first-order chi connectivity index (χ1) is 16.0. The number of methoxy groups -OCH3 is 1. The number of carbonyl (C=O) groups is 1. The van der Waals surface area contributed by atoms with E-state index in [0.29, 0.717) is 29.4 Å². The second-order valence-corrected chi connectivity index (χ2v) is 7.77. The fraction of sp³-hybridized carbons (Fsp3) is 0.333. The van der Waals surface area contributed by atoms with Gasteiger partial charge in [-0.2, -0.15) is 13.2 Å². The third-order valence-corrected chi connectivity index (χ3v) is 5.42. The monoisotopic (exact) mass is 480 g/mol. The van der Waals surface area contributed by atoms with Crippen molar-refractivity contribution >= 4 is 16.8 Å². The predicted octanol–water partition coefficient (Wildman–Crippen LogP) is 4.14. The van der Waals surface area contributed by atoms with Crippen LogP contribution in [0, 0.1) is 12.7 Å². The van der Waals surface area contributed by atoms with Crippen LogP contribution >= 0.6 is 0 Å². The van der Waals surface area contributed by atoms with Crippen LogP contribution in [0.5, 0.6) is 0 Å². The van der Waals surface area contributed by atoms with Crippen LogP contribution < -0.4 is 15.7 Å². The number of carbonyl (C=O) groups excluding carboxylic acids is 1. The molecule has 0 saturated carbocycles. The van der Waals surface area contributed by atoms with Crippen molar-refractivity contribution in [3.05, 3.63) is 80.9 Å². The normalized spacial score (nSPS) is 12.6. The lowest BCUT2D eigenvalue weighted by atomic mass is 9.99. The molecule has 0 aliphatic rings. The van der Waals surface area contributed by atoms with Gasteiger partial charge < -0.3 is 9.57 Å². The maximum atomic E-state index is 13.6. The van der Waals surface area contributed by atoms with Crippen molar-refractivity contribution in [2.24, 2.45) is 0 Å². The number of rotatable bonds is 8. The van der Waals surface area contributed by atoms with Gasteiger partial charge in [0.25, 0.3) is 11.5 Å². The van der Waals surface area contributed by atoms with Crippen LogP contribution in [0.15, 0.2) is 47.3 Å². The summed E-state index contributed by atoms with van der Waals surface area (Å²) in [6.07, 6.45) is -4.49. The Morgan fingerprint density at radius 3 is 2.47 bits per heavy atom. The molecule has 0 saturated heterocycles. The van der Waals surface area contributed by atoms with Gasteiger partial charge in [0.1, 0.15) is 18.0 Å². The van der Waals surface area contributed by atoms with Gasteiger partial charge in [-0.25, -0.2) is 4.39 Å². The van der Waals surface area contributed by atoms with E-state index >= 15 is 0 Å². The number of amides is 1. The summed E-state index contributed by atoms with van der Waals surface area (Å²) in [6, 6.07) is 11.0. The van der Waals surface area contributed by atoms with Crippen LogP contribution in [0.4, 0.5) is 17.6 Å². The molecule has 1 N–H and O–H groups in total. The van der Waals surface area contributed by atoms with Crippen LogP contribution in [-0.2, 0) is 11.2 Å². The number of hydrogen-bond donors (Lipinski definition) is 1. The Bertz CT molecular complexity index is 1250. The molecule has 1 atom stereocenters. The van der Waals surface area contributed by atoms with Gasteiger partial charge in [0.2, 0.25) is 0 Å². The summed E-state index contributed by atoms with van der Waals surface area (Å²) in [5, 5.41) is 1.24. The highest BCUT2D eigenvalue weighted by Crippen LogP contribution is 2.23. The standard InChI is InChI=1S/C24H24F4N2O4/c1-4-18(33-3)13-34-30-20-12-16(10-15-6-5-7-17(25)11-15)8-9-19(20)14(2)21(23(30)32)22(31)29-24(26,27)28/h5-9,11-12,18H,4,10,13H2,1-3H3,(H,29,31).